The quantitative estimate of drug-likeness (QED) is 0.528. The van der Waals surface area contributed by atoms with Crippen LogP contribution < -0.4 is 5.73 Å². The number of allylic oxidation sites excluding steroid dienone is 1. The Kier molecular flexibility index (Phi) is 11.4. The topological polar surface area (TPSA) is 70.8 Å². The molecule has 0 aliphatic rings. The first kappa shape index (κ1) is 21.2. The van der Waals surface area contributed by atoms with Crippen LogP contribution in [0.5, 0.6) is 0 Å². The first-order chi connectivity index (χ1) is 10.2. The summed E-state index contributed by atoms with van der Waals surface area (Å²) in [6, 6.07) is 0.0339. The van der Waals surface area contributed by atoms with Crippen molar-refractivity contribution >= 4 is 5.78 Å². The fourth-order valence-electron chi connectivity index (χ4n) is 1.70. The van der Waals surface area contributed by atoms with E-state index in [0.29, 0.717) is 38.4 Å². The number of Topliss-reactive ketones (excluding diaryl/α,β-unsaturated/α-hetero) is 1. The lowest BCUT2D eigenvalue weighted by molar-refractivity contribution is -0.117. The van der Waals surface area contributed by atoms with Crippen molar-refractivity contribution in [3.8, 4) is 0 Å². The molecular formula is C17H33NO4. The fourth-order valence-corrected chi connectivity index (χ4v) is 1.70. The van der Waals surface area contributed by atoms with Crippen molar-refractivity contribution in [3.63, 3.8) is 0 Å². The molecule has 0 radical (unpaired) electrons. The molecule has 4 unspecified atom stereocenters. The van der Waals surface area contributed by atoms with E-state index in [2.05, 4.69) is 6.58 Å². The van der Waals surface area contributed by atoms with Crippen molar-refractivity contribution < 1.29 is 19.0 Å². The van der Waals surface area contributed by atoms with Crippen LogP contribution in [0.1, 0.15) is 41.0 Å². The van der Waals surface area contributed by atoms with Crippen LogP contribution in [0.15, 0.2) is 12.2 Å². The van der Waals surface area contributed by atoms with Gasteiger partial charge in [-0.25, -0.2) is 0 Å². The molecule has 0 aromatic heterocycles. The number of ether oxygens (including phenoxy) is 3. The highest BCUT2D eigenvalue weighted by molar-refractivity contribution is 5.94. The number of carbonyl (C=O) groups excluding carboxylic acids is 1. The number of hydrogen-bond acceptors (Lipinski definition) is 5. The predicted molar refractivity (Wildman–Crippen MR) is 88.9 cm³/mol. The van der Waals surface area contributed by atoms with E-state index in [1.165, 1.54) is 0 Å². The van der Waals surface area contributed by atoms with Crippen molar-refractivity contribution in [2.45, 2.75) is 59.3 Å². The molecule has 0 aromatic carbocycles. The zero-order chi connectivity index (χ0) is 17.1. The second-order valence-electron chi connectivity index (χ2n) is 6.32. The maximum Gasteiger partial charge on any atom is 0.158 e. The van der Waals surface area contributed by atoms with Crippen LogP contribution in [-0.4, -0.2) is 50.5 Å². The average molecular weight is 315 g/mol. The van der Waals surface area contributed by atoms with Gasteiger partial charge in [-0.3, -0.25) is 4.79 Å². The number of rotatable bonds is 13. The van der Waals surface area contributed by atoms with Crippen LogP contribution in [0.4, 0.5) is 0 Å². The van der Waals surface area contributed by atoms with Crippen LogP contribution in [0.25, 0.3) is 0 Å². The minimum atomic E-state index is -0.00890. The Morgan fingerprint density at radius 3 is 2.09 bits per heavy atom. The third-order valence-electron chi connectivity index (χ3n) is 3.02. The summed E-state index contributed by atoms with van der Waals surface area (Å²) in [6.07, 6.45) is 0.484. The molecule has 0 saturated carbocycles. The number of carbonyl (C=O) groups is 1. The second-order valence-corrected chi connectivity index (χ2v) is 6.32. The molecule has 0 aliphatic carbocycles. The van der Waals surface area contributed by atoms with Gasteiger partial charge in [0.15, 0.2) is 5.78 Å². The van der Waals surface area contributed by atoms with E-state index in [1.54, 1.807) is 6.92 Å². The molecule has 0 fully saturated rings. The lowest BCUT2D eigenvalue weighted by Crippen LogP contribution is -2.29. The Labute approximate surface area is 135 Å². The van der Waals surface area contributed by atoms with E-state index < -0.39 is 0 Å². The normalized spacial score (nSPS) is 16.8. The molecule has 4 atom stereocenters. The van der Waals surface area contributed by atoms with Crippen molar-refractivity contribution in [1.82, 2.24) is 0 Å². The van der Waals surface area contributed by atoms with Gasteiger partial charge < -0.3 is 19.9 Å². The van der Waals surface area contributed by atoms with E-state index >= 15 is 0 Å². The summed E-state index contributed by atoms with van der Waals surface area (Å²) in [5, 5.41) is 0. The highest BCUT2D eigenvalue weighted by Crippen LogP contribution is 2.08. The lowest BCUT2D eigenvalue weighted by atomic mass is 10.0. The summed E-state index contributed by atoms with van der Waals surface area (Å²) >= 11 is 0. The van der Waals surface area contributed by atoms with Gasteiger partial charge >= 0.3 is 0 Å². The predicted octanol–water partition coefficient (Wildman–Crippen LogP) is 2.33. The minimum absolute atomic E-state index is 0.00890. The molecule has 0 bridgehead atoms. The number of hydrogen-bond donors (Lipinski definition) is 1. The van der Waals surface area contributed by atoms with Crippen LogP contribution in [0.2, 0.25) is 0 Å². The number of ketones is 1. The minimum Gasteiger partial charge on any atom is -0.378 e. The van der Waals surface area contributed by atoms with Gasteiger partial charge in [-0.15, -0.1) is 0 Å². The van der Waals surface area contributed by atoms with E-state index in [4.69, 9.17) is 19.9 Å². The monoisotopic (exact) mass is 315 g/mol. The molecule has 2 N–H and O–H groups in total. The van der Waals surface area contributed by atoms with E-state index in [1.807, 2.05) is 27.7 Å². The van der Waals surface area contributed by atoms with Gasteiger partial charge in [0.25, 0.3) is 0 Å². The van der Waals surface area contributed by atoms with Gasteiger partial charge in [0.05, 0.1) is 32.0 Å². The summed E-state index contributed by atoms with van der Waals surface area (Å²) in [6.45, 7) is 15.3. The highest BCUT2D eigenvalue weighted by Gasteiger charge is 2.12. The van der Waals surface area contributed by atoms with Crippen LogP contribution in [-0.2, 0) is 19.0 Å². The third kappa shape index (κ3) is 11.9. The lowest BCUT2D eigenvalue weighted by Gasteiger charge is -2.19. The van der Waals surface area contributed by atoms with Crippen LogP contribution in [0, 0.1) is 5.92 Å². The summed E-state index contributed by atoms with van der Waals surface area (Å²) in [7, 11) is 0. The zero-order valence-corrected chi connectivity index (χ0v) is 14.8. The maximum absolute atomic E-state index is 11.5. The van der Waals surface area contributed by atoms with Gasteiger partial charge in [-0.1, -0.05) is 13.5 Å². The van der Waals surface area contributed by atoms with Crippen molar-refractivity contribution in [2.75, 3.05) is 26.4 Å². The van der Waals surface area contributed by atoms with E-state index in [0.717, 1.165) is 0 Å². The maximum atomic E-state index is 11.5. The molecule has 5 nitrogen and oxygen atoms in total. The van der Waals surface area contributed by atoms with Crippen molar-refractivity contribution in [2.24, 2.45) is 11.7 Å². The first-order valence-electron chi connectivity index (χ1n) is 7.97. The summed E-state index contributed by atoms with van der Waals surface area (Å²) in [4.78, 5) is 11.5. The van der Waals surface area contributed by atoms with Gasteiger partial charge in [0.1, 0.15) is 0 Å². The molecule has 0 amide bonds. The van der Waals surface area contributed by atoms with Gasteiger partial charge in [-0.2, -0.15) is 0 Å². The fraction of sp³-hybridized carbons (Fsp3) is 0.824. The summed E-state index contributed by atoms with van der Waals surface area (Å²) < 4.78 is 16.8. The molecule has 0 aromatic rings. The van der Waals surface area contributed by atoms with E-state index in [-0.39, 0.29) is 30.0 Å². The molecule has 0 rings (SSSR count). The van der Waals surface area contributed by atoms with Gasteiger partial charge in [-0.05, 0) is 39.2 Å². The Bertz CT molecular complexity index is 331. The smallest absolute Gasteiger partial charge is 0.158 e. The van der Waals surface area contributed by atoms with Gasteiger partial charge in [0, 0.05) is 19.1 Å². The third-order valence-corrected chi connectivity index (χ3v) is 3.02. The summed E-state index contributed by atoms with van der Waals surface area (Å²) in [5.74, 6) is 0.283. The van der Waals surface area contributed by atoms with Crippen molar-refractivity contribution in [3.05, 3.63) is 12.2 Å². The SMILES string of the molecule is C=C(C)C(=O)CC(C)COCC(C)OCC(C)OCC(C)N. The Morgan fingerprint density at radius 2 is 1.55 bits per heavy atom. The van der Waals surface area contributed by atoms with E-state index in [9.17, 15) is 4.79 Å². The Balaban J connectivity index is 3.70. The first-order valence-corrected chi connectivity index (χ1v) is 7.97. The summed E-state index contributed by atoms with van der Waals surface area (Å²) in [5.41, 5.74) is 6.23. The Hall–Kier alpha value is -0.750. The molecule has 5 heteroatoms. The molecule has 0 spiro atoms. The average Bonchev–Trinajstić information content (AvgIpc) is 2.42. The van der Waals surface area contributed by atoms with Crippen LogP contribution >= 0.6 is 0 Å². The molecule has 130 valence electrons. The largest absolute Gasteiger partial charge is 0.378 e. The molecular weight excluding hydrogens is 282 g/mol. The second kappa shape index (κ2) is 11.8. The highest BCUT2D eigenvalue weighted by atomic mass is 16.6. The zero-order valence-electron chi connectivity index (χ0n) is 14.8. The van der Waals surface area contributed by atoms with Crippen molar-refractivity contribution in [1.29, 1.82) is 0 Å². The van der Waals surface area contributed by atoms with Gasteiger partial charge in [0.2, 0.25) is 0 Å². The molecule has 0 aliphatic heterocycles. The Morgan fingerprint density at radius 1 is 1.00 bits per heavy atom. The number of nitrogens with two attached hydrogens (primary N) is 1. The standard InChI is InChI=1S/C17H33NO4/c1-12(2)17(19)7-13(3)8-20-10-15(5)22-11-16(6)21-9-14(4)18/h13-16H,1,7-11,18H2,2-6H3. The van der Waals surface area contributed by atoms with Crippen LogP contribution in [0.3, 0.4) is 0 Å². The molecule has 0 heterocycles. The molecule has 22 heavy (non-hydrogen) atoms. The molecule has 0 saturated heterocycles.